The predicted octanol–water partition coefficient (Wildman–Crippen LogP) is 2.58. The first-order chi connectivity index (χ1) is 8.66. The van der Waals surface area contributed by atoms with Gasteiger partial charge in [0.05, 0.1) is 0 Å². The summed E-state index contributed by atoms with van der Waals surface area (Å²) in [5.74, 6) is -0.620. The Hall–Kier alpha value is -1.49. The summed E-state index contributed by atoms with van der Waals surface area (Å²) < 4.78 is 12.7. The van der Waals surface area contributed by atoms with Crippen LogP contribution in [0.1, 0.15) is 19.3 Å². The number of nitrogens with one attached hydrogen (secondary N) is 1. The van der Waals surface area contributed by atoms with E-state index >= 15 is 0 Å². The number of carbonyl (C=O) groups excluding carboxylic acids is 1. The molecule has 0 unspecified atom stereocenters. The number of hydrogen-bond acceptors (Lipinski definition) is 2. The molecule has 0 saturated carbocycles. The quantitative estimate of drug-likeness (QED) is 0.793. The third-order valence-corrected chi connectivity index (χ3v) is 3.38. The lowest BCUT2D eigenvalue weighted by molar-refractivity contribution is -0.110. The van der Waals surface area contributed by atoms with Crippen LogP contribution in [-0.2, 0) is 4.79 Å². The van der Waals surface area contributed by atoms with E-state index in [4.69, 9.17) is 12.2 Å². The molecule has 1 saturated heterocycles. The fourth-order valence-corrected chi connectivity index (χ4v) is 2.19. The lowest BCUT2D eigenvalue weighted by Crippen LogP contribution is -2.41. The summed E-state index contributed by atoms with van der Waals surface area (Å²) in [6, 6.07) is 5.65. The average Bonchev–Trinajstić information content (AvgIpc) is 2.41. The highest BCUT2D eigenvalue weighted by Crippen LogP contribution is 2.12. The molecular formula is C13H15FN2OS. The van der Waals surface area contributed by atoms with Crippen molar-refractivity contribution < 1.29 is 9.18 Å². The molecule has 1 amide bonds. The Kier molecular flexibility index (Phi) is 4.25. The van der Waals surface area contributed by atoms with Gasteiger partial charge in [0.1, 0.15) is 5.82 Å². The van der Waals surface area contributed by atoms with Gasteiger partial charge in [0.2, 0.25) is 0 Å². The topological polar surface area (TPSA) is 32.3 Å². The molecule has 1 heterocycles. The van der Waals surface area contributed by atoms with Crippen molar-refractivity contribution in [2.45, 2.75) is 19.3 Å². The van der Waals surface area contributed by atoms with E-state index in [9.17, 15) is 9.18 Å². The van der Waals surface area contributed by atoms with E-state index in [0.29, 0.717) is 10.7 Å². The smallest absolute Gasteiger partial charge is 0.283 e. The number of amides is 1. The van der Waals surface area contributed by atoms with Crippen molar-refractivity contribution in [3.8, 4) is 0 Å². The molecular weight excluding hydrogens is 251 g/mol. The van der Waals surface area contributed by atoms with Gasteiger partial charge >= 0.3 is 0 Å². The number of benzene rings is 1. The van der Waals surface area contributed by atoms with Gasteiger partial charge in [-0.3, -0.25) is 4.79 Å². The van der Waals surface area contributed by atoms with Crippen LogP contribution < -0.4 is 5.32 Å². The van der Waals surface area contributed by atoms with E-state index in [2.05, 4.69) is 5.32 Å². The van der Waals surface area contributed by atoms with E-state index in [0.717, 1.165) is 25.9 Å². The van der Waals surface area contributed by atoms with Crippen LogP contribution in [-0.4, -0.2) is 28.9 Å². The molecule has 1 N–H and O–H groups in total. The molecule has 2 rings (SSSR count). The average molecular weight is 266 g/mol. The second-order valence-electron chi connectivity index (χ2n) is 4.31. The molecule has 1 aliphatic heterocycles. The molecule has 96 valence electrons. The number of halogens is 1. The number of rotatable bonds is 1. The molecule has 1 aromatic rings. The molecule has 1 aromatic carbocycles. The van der Waals surface area contributed by atoms with E-state index < -0.39 is 0 Å². The van der Waals surface area contributed by atoms with Crippen LogP contribution in [0.25, 0.3) is 0 Å². The SMILES string of the molecule is O=C(Nc1ccc(F)cc1)C(=S)N1CCCCC1. The molecule has 1 fully saturated rings. The third-order valence-electron chi connectivity index (χ3n) is 2.94. The lowest BCUT2D eigenvalue weighted by atomic mass is 10.1. The summed E-state index contributed by atoms with van der Waals surface area (Å²) in [5.41, 5.74) is 0.556. The van der Waals surface area contributed by atoms with Crippen LogP contribution in [0.3, 0.4) is 0 Å². The molecule has 18 heavy (non-hydrogen) atoms. The minimum Gasteiger partial charge on any atom is -0.358 e. The molecule has 0 radical (unpaired) electrons. The summed E-state index contributed by atoms with van der Waals surface area (Å²) in [6.45, 7) is 1.69. The van der Waals surface area contributed by atoms with Crippen LogP contribution in [0, 0.1) is 5.82 Å². The van der Waals surface area contributed by atoms with E-state index in [1.54, 1.807) is 0 Å². The molecule has 1 aliphatic rings. The van der Waals surface area contributed by atoms with Gasteiger partial charge in [0.15, 0.2) is 4.99 Å². The zero-order valence-corrected chi connectivity index (χ0v) is 10.8. The predicted molar refractivity (Wildman–Crippen MR) is 73.1 cm³/mol. The first kappa shape index (κ1) is 13.0. The highest BCUT2D eigenvalue weighted by atomic mass is 32.1. The van der Waals surface area contributed by atoms with Crippen LogP contribution in [0.15, 0.2) is 24.3 Å². The normalized spacial score (nSPS) is 15.3. The number of carbonyl (C=O) groups is 1. The maximum atomic E-state index is 12.7. The summed E-state index contributed by atoms with van der Waals surface area (Å²) in [4.78, 5) is 14.2. The van der Waals surface area contributed by atoms with Gasteiger partial charge < -0.3 is 10.2 Å². The monoisotopic (exact) mass is 266 g/mol. The fourth-order valence-electron chi connectivity index (χ4n) is 1.96. The zero-order chi connectivity index (χ0) is 13.0. The standard InChI is InChI=1S/C13H15FN2OS/c14-10-4-6-11(7-5-10)15-12(17)13(18)16-8-2-1-3-9-16/h4-7H,1-3,8-9H2,(H,15,17). The van der Waals surface area contributed by atoms with Gasteiger partial charge in [-0.15, -0.1) is 0 Å². The van der Waals surface area contributed by atoms with Crippen molar-refractivity contribution in [2.75, 3.05) is 18.4 Å². The summed E-state index contributed by atoms with van der Waals surface area (Å²) >= 11 is 5.16. The number of piperidine rings is 1. The highest BCUT2D eigenvalue weighted by molar-refractivity contribution is 7.82. The van der Waals surface area contributed by atoms with Crippen molar-refractivity contribution in [3.63, 3.8) is 0 Å². The molecule has 0 bridgehead atoms. The van der Waals surface area contributed by atoms with Gasteiger partial charge in [-0.1, -0.05) is 12.2 Å². The first-order valence-electron chi connectivity index (χ1n) is 6.02. The number of hydrogen-bond donors (Lipinski definition) is 1. The molecule has 3 nitrogen and oxygen atoms in total. The molecule has 0 atom stereocenters. The largest absolute Gasteiger partial charge is 0.358 e. The van der Waals surface area contributed by atoms with E-state index in [1.165, 1.54) is 30.7 Å². The summed E-state index contributed by atoms with van der Waals surface area (Å²) in [5, 5.41) is 2.68. The summed E-state index contributed by atoms with van der Waals surface area (Å²) in [7, 11) is 0. The Labute approximate surface area is 111 Å². The lowest BCUT2D eigenvalue weighted by Gasteiger charge is -2.28. The van der Waals surface area contributed by atoms with Gasteiger partial charge in [-0.2, -0.15) is 0 Å². The summed E-state index contributed by atoms with van der Waals surface area (Å²) in [6.07, 6.45) is 3.34. The number of nitrogens with zero attached hydrogens (tertiary/aromatic N) is 1. The van der Waals surface area contributed by atoms with Crippen molar-refractivity contribution >= 4 is 28.8 Å². The van der Waals surface area contributed by atoms with Gasteiger partial charge in [0, 0.05) is 18.8 Å². The number of likely N-dealkylation sites (tertiary alicyclic amines) is 1. The number of thiocarbonyl (C=S) groups is 1. The molecule has 0 aliphatic carbocycles. The van der Waals surface area contributed by atoms with Gasteiger partial charge in [-0.05, 0) is 43.5 Å². The Bertz CT molecular complexity index is 441. The zero-order valence-electron chi connectivity index (χ0n) is 9.99. The van der Waals surface area contributed by atoms with Gasteiger partial charge in [0.25, 0.3) is 5.91 Å². The second kappa shape index (κ2) is 5.91. The van der Waals surface area contributed by atoms with Crippen LogP contribution in [0.4, 0.5) is 10.1 Å². The van der Waals surface area contributed by atoms with Crippen LogP contribution >= 0.6 is 12.2 Å². The van der Waals surface area contributed by atoms with Crippen molar-refractivity contribution in [1.29, 1.82) is 0 Å². The van der Waals surface area contributed by atoms with Crippen molar-refractivity contribution in [2.24, 2.45) is 0 Å². The van der Waals surface area contributed by atoms with Crippen LogP contribution in [0.5, 0.6) is 0 Å². The van der Waals surface area contributed by atoms with Crippen molar-refractivity contribution in [3.05, 3.63) is 30.1 Å². The first-order valence-corrected chi connectivity index (χ1v) is 6.43. The fraction of sp³-hybridized carbons (Fsp3) is 0.385. The van der Waals surface area contributed by atoms with E-state index in [1.807, 2.05) is 4.90 Å². The highest BCUT2D eigenvalue weighted by Gasteiger charge is 2.19. The number of anilines is 1. The van der Waals surface area contributed by atoms with E-state index in [-0.39, 0.29) is 11.7 Å². The Morgan fingerprint density at radius 2 is 1.78 bits per heavy atom. The Morgan fingerprint density at radius 1 is 1.17 bits per heavy atom. The molecule has 5 heteroatoms. The van der Waals surface area contributed by atoms with Crippen molar-refractivity contribution in [1.82, 2.24) is 4.90 Å². The molecule has 0 aromatic heterocycles. The van der Waals surface area contributed by atoms with Gasteiger partial charge in [-0.25, -0.2) is 4.39 Å². The minimum absolute atomic E-state index is 0.293. The second-order valence-corrected chi connectivity index (χ2v) is 4.70. The third kappa shape index (κ3) is 3.26. The van der Waals surface area contributed by atoms with Crippen LogP contribution in [0.2, 0.25) is 0 Å². The Balaban J connectivity index is 1.94. The Morgan fingerprint density at radius 3 is 2.39 bits per heavy atom. The molecule has 0 spiro atoms. The maximum Gasteiger partial charge on any atom is 0.283 e. The minimum atomic E-state index is -0.327. The maximum absolute atomic E-state index is 12.7.